The summed E-state index contributed by atoms with van der Waals surface area (Å²) in [6.45, 7) is 0. The topological polar surface area (TPSA) is 38.7 Å². The lowest BCUT2D eigenvalue weighted by Crippen LogP contribution is -1.96. The molecule has 0 saturated carbocycles. The highest BCUT2D eigenvalue weighted by Gasteiger charge is 2.17. The maximum Gasteiger partial charge on any atom is 0.160 e. The molecule has 9 rings (SSSR count). The van der Waals surface area contributed by atoms with Crippen LogP contribution in [0.4, 0.5) is 0 Å². The fraction of sp³-hybridized carbons (Fsp3) is 0. The summed E-state index contributed by atoms with van der Waals surface area (Å²) >= 11 is 0. The average molecular weight is 586 g/mol. The molecule has 0 saturated heterocycles. The van der Waals surface area contributed by atoms with E-state index in [1.54, 1.807) is 0 Å². The van der Waals surface area contributed by atoms with Gasteiger partial charge in [0.2, 0.25) is 0 Å². The minimum Gasteiger partial charge on any atom is -0.246 e. The van der Waals surface area contributed by atoms with Crippen molar-refractivity contribution in [3.8, 4) is 45.2 Å². The Morgan fingerprint density at radius 3 is 1.33 bits per heavy atom. The summed E-state index contributed by atoms with van der Waals surface area (Å²) in [5, 5.41) is 8.41. The van der Waals surface area contributed by atoms with Gasteiger partial charge < -0.3 is 0 Å². The van der Waals surface area contributed by atoms with Crippen LogP contribution in [0.1, 0.15) is 0 Å². The van der Waals surface area contributed by atoms with E-state index in [4.69, 9.17) is 15.0 Å². The van der Waals surface area contributed by atoms with Gasteiger partial charge in [0.15, 0.2) is 5.82 Å². The van der Waals surface area contributed by atoms with Crippen molar-refractivity contribution < 1.29 is 0 Å². The molecular weight excluding hydrogens is 558 g/mol. The molecule has 46 heavy (non-hydrogen) atoms. The van der Waals surface area contributed by atoms with E-state index in [2.05, 4.69) is 127 Å². The molecule has 0 fully saturated rings. The Hall–Kier alpha value is -6.19. The van der Waals surface area contributed by atoms with Crippen LogP contribution in [-0.2, 0) is 0 Å². The van der Waals surface area contributed by atoms with Gasteiger partial charge in [0, 0.05) is 38.4 Å². The number of pyridine rings is 1. The standard InChI is InChI=1S/C43H27N3/c1-3-13-28(14-4-1)38-27-39(29-15-5-2-6-16-29)45-43(44-38)31-25-23-30(24-26-31)41-37-22-12-10-20-35(37)40-34-19-9-7-17-32(34)33-18-8-11-21-36(33)42(40)46-41/h1-27H. The summed E-state index contributed by atoms with van der Waals surface area (Å²) in [5.74, 6) is 0.695. The van der Waals surface area contributed by atoms with Gasteiger partial charge in [-0.2, -0.15) is 0 Å². The molecule has 0 N–H and O–H groups in total. The molecule has 0 radical (unpaired) electrons. The number of aromatic nitrogens is 3. The molecule has 214 valence electrons. The highest BCUT2D eigenvalue weighted by atomic mass is 14.9. The molecule has 0 aliphatic carbocycles. The van der Waals surface area contributed by atoms with Crippen molar-refractivity contribution >= 4 is 43.2 Å². The first-order chi connectivity index (χ1) is 22.8. The van der Waals surface area contributed by atoms with Gasteiger partial charge in [-0.3, -0.25) is 0 Å². The van der Waals surface area contributed by atoms with Gasteiger partial charge in [-0.05, 0) is 27.6 Å². The van der Waals surface area contributed by atoms with Crippen molar-refractivity contribution in [3.63, 3.8) is 0 Å². The number of benzene rings is 7. The predicted octanol–water partition coefficient (Wildman–Crippen LogP) is 11.2. The van der Waals surface area contributed by atoms with Gasteiger partial charge >= 0.3 is 0 Å². The molecule has 0 atom stereocenters. The molecule has 9 aromatic rings. The van der Waals surface area contributed by atoms with Gasteiger partial charge in [0.05, 0.1) is 22.6 Å². The Kier molecular flexibility index (Phi) is 6.14. The van der Waals surface area contributed by atoms with Crippen molar-refractivity contribution in [1.82, 2.24) is 15.0 Å². The fourth-order valence-electron chi connectivity index (χ4n) is 6.68. The van der Waals surface area contributed by atoms with Crippen LogP contribution in [0, 0.1) is 0 Å². The van der Waals surface area contributed by atoms with Gasteiger partial charge in [0.1, 0.15) is 0 Å². The van der Waals surface area contributed by atoms with E-state index in [1.807, 2.05) is 36.4 Å². The quantitative estimate of drug-likeness (QED) is 0.193. The summed E-state index contributed by atoms with van der Waals surface area (Å²) in [6, 6.07) is 57.1. The molecule has 0 aliphatic rings. The highest BCUT2D eigenvalue weighted by Crippen LogP contribution is 2.41. The van der Waals surface area contributed by atoms with E-state index in [0.717, 1.165) is 50.2 Å². The van der Waals surface area contributed by atoms with E-state index in [0.29, 0.717) is 5.82 Å². The Morgan fingerprint density at radius 1 is 0.304 bits per heavy atom. The first-order valence-corrected chi connectivity index (χ1v) is 15.5. The molecule has 7 aromatic carbocycles. The third kappa shape index (κ3) is 4.33. The van der Waals surface area contributed by atoms with E-state index >= 15 is 0 Å². The van der Waals surface area contributed by atoms with E-state index in [1.165, 1.54) is 32.3 Å². The van der Waals surface area contributed by atoms with Crippen LogP contribution < -0.4 is 0 Å². The van der Waals surface area contributed by atoms with Crippen molar-refractivity contribution in [2.75, 3.05) is 0 Å². The van der Waals surface area contributed by atoms with Crippen LogP contribution in [0.3, 0.4) is 0 Å². The maximum atomic E-state index is 5.43. The van der Waals surface area contributed by atoms with Gasteiger partial charge in [-0.1, -0.05) is 158 Å². The zero-order valence-electron chi connectivity index (χ0n) is 24.9. The first kappa shape index (κ1) is 26.2. The largest absolute Gasteiger partial charge is 0.246 e. The van der Waals surface area contributed by atoms with E-state index < -0.39 is 0 Å². The lowest BCUT2D eigenvalue weighted by molar-refractivity contribution is 1.18. The minimum atomic E-state index is 0.695. The highest BCUT2D eigenvalue weighted by molar-refractivity contribution is 6.31. The van der Waals surface area contributed by atoms with Crippen LogP contribution in [0.2, 0.25) is 0 Å². The minimum absolute atomic E-state index is 0.695. The van der Waals surface area contributed by atoms with Gasteiger partial charge in [0.25, 0.3) is 0 Å². The second kappa shape index (κ2) is 10.8. The number of rotatable bonds is 4. The molecule has 2 aromatic heterocycles. The number of hydrogen-bond donors (Lipinski definition) is 0. The SMILES string of the molecule is c1ccc(-c2cc(-c3ccccc3)nc(-c3ccc(-c4nc5c6ccccc6c6ccccc6c5c5ccccc45)cc3)n2)cc1. The molecule has 2 heterocycles. The van der Waals surface area contributed by atoms with E-state index in [9.17, 15) is 0 Å². The van der Waals surface area contributed by atoms with Gasteiger partial charge in [-0.25, -0.2) is 15.0 Å². The summed E-state index contributed by atoms with van der Waals surface area (Å²) in [6.07, 6.45) is 0. The summed E-state index contributed by atoms with van der Waals surface area (Å²) in [5.41, 5.74) is 7.93. The van der Waals surface area contributed by atoms with Crippen molar-refractivity contribution in [1.29, 1.82) is 0 Å². The summed E-state index contributed by atoms with van der Waals surface area (Å²) in [4.78, 5) is 15.5. The zero-order chi connectivity index (χ0) is 30.5. The number of hydrogen-bond acceptors (Lipinski definition) is 3. The maximum absolute atomic E-state index is 5.43. The second-order valence-electron chi connectivity index (χ2n) is 11.6. The molecule has 0 unspecified atom stereocenters. The number of nitrogens with zero attached hydrogens (tertiary/aromatic N) is 3. The van der Waals surface area contributed by atoms with Crippen LogP contribution in [0.5, 0.6) is 0 Å². The Bertz CT molecular complexity index is 2500. The number of fused-ring (bicyclic) bond motifs is 8. The predicted molar refractivity (Wildman–Crippen MR) is 192 cm³/mol. The van der Waals surface area contributed by atoms with Crippen LogP contribution in [0.25, 0.3) is 88.4 Å². The third-order valence-corrected chi connectivity index (χ3v) is 8.86. The van der Waals surface area contributed by atoms with Crippen LogP contribution >= 0.6 is 0 Å². The third-order valence-electron chi connectivity index (χ3n) is 8.86. The van der Waals surface area contributed by atoms with Gasteiger partial charge in [-0.15, -0.1) is 0 Å². The van der Waals surface area contributed by atoms with E-state index in [-0.39, 0.29) is 0 Å². The lowest BCUT2D eigenvalue weighted by Gasteiger charge is -2.15. The first-order valence-electron chi connectivity index (χ1n) is 15.5. The molecule has 0 bridgehead atoms. The normalized spacial score (nSPS) is 11.5. The zero-order valence-corrected chi connectivity index (χ0v) is 24.9. The van der Waals surface area contributed by atoms with Crippen molar-refractivity contribution in [2.45, 2.75) is 0 Å². The fourth-order valence-corrected chi connectivity index (χ4v) is 6.68. The molecule has 0 spiro atoms. The lowest BCUT2D eigenvalue weighted by atomic mass is 9.92. The van der Waals surface area contributed by atoms with Crippen molar-refractivity contribution in [2.24, 2.45) is 0 Å². The second-order valence-corrected chi connectivity index (χ2v) is 11.6. The summed E-state index contributed by atoms with van der Waals surface area (Å²) < 4.78 is 0. The smallest absolute Gasteiger partial charge is 0.160 e. The molecule has 0 aliphatic heterocycles. The van der Waals surface area contributed by atoms with Crippen molar-refractivity contribution in [3.05, 3.63) is 164 Å². The molecule has 3 heteroatoms. The molecule has 3 nitrogen and oxygen atoms in total. The Labute approximate surface area is 266 Å². The van der Waals surface area contributed by atoms with Crippen LogP contribution in [-0.4, -0.2) is 15.0 Å². The summed E-state index contributed by atoms with van der Waals surface area (Å²) in [7, 11) is 0. The monoisotopic (exact) mass is 585 g/mol. The average Bonchev–Trinajstić information content (AvgIpc) is 3.15. The molecular formula is C43H27N3. The Balaban J connectivity index is 1.23. The molecule has 0 amide bonds. The van der Waals surface area contributed by atoms with Crippen LogP contribution in [0.15, 0.2) is 164 Å². The Morgan fingerprint density at radius 2 is 0.739 bits per heavy atom.